The highest BCUT2D eigenvalue weighted by molar-refractivity contribution is 7.91. The van der Waals surface area contributed by atoms with Crippen molar-refractivity contribution in [1.29, 1.82) is 0 Å². The molecule has 1 aliphatic rings. The second-order valence-electron chi connectivity index (χ2n) is 6.18. The van der Waals surface area contributed by atoms with Crippen LogP contribution in [0.4, 0.5) is 0 Å². The number of hydrogen-bond donors (Lipinski definition) is 0. The molecule has 1 amide bonds. The molecule has 0 aliphatic carbocycles. The van der Waals surface area contributed by atoms with Crippen LogP contribution in [0, 0.1) is 0 Å². The zero-order valence-corrected chi connectivity index (χ0v) is 15.8. The Morgan fingerprint density at radius 3 is 2.35 bits per heavy atom. The van der Waals surface area contributed by atoms with Crippen molar-refractivity contribution >= 4 is 25.8 Å². The normalized spacial score (nSPS) is 20.8. The van der Waals surface area contributed by atoms with E-state index in [9.17, 15) is 21.6 Å². The summed E-state index contributed by atoms with van der Waals surface area (Å²) >= 11 is 0. The molecular formula is C14H28N2O5S2. The predicted octanol–water partition coefficient (Wildman–Crippen LogP) is 0.474. The van der Waals surface area contributed by atoms with Gasteiger partial charge in [0.05, 0.1) is 17.8 Å². The summed E-state index contributed by atoms with van der Waals surface area (Å²) in [6.07, 6.45) is 4.39. The fourth-order valence-corrected chi connectivity index (χ4v) is 5.32. The average Bonchev–Trinajstić information content (AvgIpc) is 2.80. The van der Waals surface area contributed by atoms with Crippen LogP contribution in [0.5, 0.6) is 0 Å². The van der Waals surface area contributed by atoms with Crippen molar-refractivity contribution in [3.05, 3.63) is 0 Å². The van der Waals surface area contributed by atoms with Crippen molar-refractivity contribution in [2.45, 2.75) is 45.1 Å². The fraction of sp³-hybridized carbons (Fsp3) is 0.929. The first kappa shape index (κ1) is 20.4. The lowest BCUT2D eigenvalue weighted by molar-refractivity contribution is -0.131. The Bertz CT molecular complexity index is 601. The Kier molecular flexibility index (Phi) is 7.47. The van der Waals surface area contributed by atoms with E-state index in [1.54, 1.807) is 7.05 Å². The quantitative estimate of drug-likeness (QED) is 0.552. The summed E-state index contributed by atoms with van der Waals surface area (Å²) in [7, 11) is -4.79. The highest BCUT2D eigenvalue weighted by Gasteiger charge is 2.32. The van der Waals surface area contributed by atoms with Crippen LogP contribution in [0.1, 0.15) is 39.0 Å². The van der Waals surface area contributed by atoms with Crippen LogP contribution in [0.15, 0.2) is 0 Å². The van der Waals surface area contributed by atoms with Gasteiger partial charge in [-0.2, -0.15) is 0 Å². The van der Waals surface area contributed by atoms with Gasteiger partial charge in [-0.15, -0.1) is 0 Å². The van der Waals surface area contributed by atoms with Crippen molar-refractivity contribution in [2.75, 3.05) is 37.9 Å². The van der Waals surface area contributed by atoms with E-state index in [1.165, 1.54) is 9.21 Å². The Morgan fingerprint density at radius 2 is 1.87 bits per heavy atom. The number of nitrogens with zero attached hydrogens (tertiary/aromatic N) is 2. The van der Waals surface area contributed by atoms with E-state index in [0.717, 1.165) is 25.5 Å². The molecule has 136 valence electrons. The molecule has 1 fully saturated rings. The molecule has 0 bridgehead atoms. The maximum atomic E-state index is 12.2. The number of hydrogen-bond acceptors (Lipinski definition) is 5. The Balaban J connectivity index is 2.54. The van der Waals surface area contributed by atoms with Crippen molar-refractivity contribution in [3.63, 3.8) is 0 Å². The Hall–Kier alpha value is -0.670. The van der Waals surface area contributed by atoms with E-state index >= 15 is 0 Å². The lowest BCUT2D eigenvalue weighted by Gasteiger charge is -2.25. The predicted molar refractivity (Wildman–Crippen MR) is 90.4 cm³/mol. The minimum absolute atomic E-state index is 0.00152. The molecule has 1 unspecified atom stereocenters. The smallest absolute Gasteiger partial charge is 0.223 e. The molecule has 1 heterocycles. The SMILES string of the molecule is CCCCCN(CCC(=O)N(C)C1CCS(=O)(=O)C1)S(C)(=O)=O. The van der Waals surface area contributed by atoms with Crippen LogP contribution < -0.4 is 0 Å². The second-order valence-corrected chi connectivity index (χ2v) is 10.4. The maximum absolute atomic E-state index is 12.2. The van der Waals surface area contributed by atoms with Crippen LogP contribution >= 0.6 is 0 Å². The Morgan fingerprint density at radius 1 is 1.22 bits per heavy atom. The van der Waals surface area contributed by atoms with E-state index in [4.69, 9.17) is 0 Å². The molecule has 0 aromatic rings. The molecule has 0 saturated carbocycles. The van der Waals surface area contributed by atoms with Crippen molar-refractivity contribution in [1.82, 2.24) is 9.21 Å². The number of carbonyl (C=O) groups is 1. The molecule has 0 radical (unpaired) electrons. The maximum Gasteiger partial charge on any atom is 0.223 e. The van der Waals surface area contributed by atoms with Crippen LogP contribution in [0.2, 0.25) is 0 Å². The Labute approximate surface area is 140 Å². The van der Waals surface area contributed by atoms with Gasteiger partial charge in [0.2, 0.25) is 15.9 Å². The summed E-state index contributed by atoms with van der Waals surface area (Å²) in [5, 5.41) is 0. The first-order valence-electron chi connectivity index (χ1n) is 7.98. The molecule has 0 spiro atoms. The summed E-state index contributed by atoms with van der Waals surface area (Å²) in [6.45, 7) is 2.60. The number of amides is 1. The summed E-state index contributed by atoms with van der Waals surface area (Å²) in [5.41, 5.74) is 0. The highest BCUT2D eigenvalue weighted by Crippen LogP contribution is 2.17. The van der Waals surface area contributed by atoms with Gasteiger partial charge in [-0.05, 0) is 12.8 Å². The van der Waals surface area contributed by atoms with Gasteiger partial charge in [-0.3, -0.25) is 4.79 Å². The number of unbranched alkanes of at least 4 members (excludes halogenated alkanes) is 2. The molecule has 23 heavy (non-hydrogen) atoms. The van der Waals surface area contributed by atoms with Gasteiger partial charge in [-0.1, -0.05) is 19.8 Å². The van der Waals surface area contributed by atoms with E-state index < -0.39 is 19.9 Å². The van der Waals surface area contributed by atoms with Gasteiger partial charge in [0.15, 0.2) is 9.84 Å². The van der Waals surface area contributed by atoms with E-state index in [1.807, 2.05) is 6.92 Å². The largest absolute Gasteiger partial charge is 0.342 e. The van der Waals surface area contributed by atoms with E-state index in [2.05, 4.69) is 0 Å². The van der Waals surface area contributed by atoms with Gasteiger partial charge >= 0.3 is 0 Å². The molecule has 1 aliphatic heterocycles. The molecule has 1 atom stereocenters. The van der Waals surface area contributed by atoms with Crippen molar-refractivity contribution < 1.29 is 21.6 Å². The summed E-state index contributed by atoms with van der Waals surface area (Å²) in [6, 6.07) is -0.292. The average molecular weight is 369 g/mol. The number of sulfonamides is 1. The zero-order valence-electron chi connectivity index (χ0n) is 14.2. The first-order valence-corrected chi connectivity index (χ1v) is 11.6. The highest BCUT2D eigenvalue weighted by atomic mass is 32.2. The lowest BCUT2D eigenvalue weighted by Crippen LogP contribution is -2.40. The fourth-order valence-electron chi connectivity index (χ4n) is 2.66. The molecule has 0 N–H and O–H groups in total. The summed E-state index contributed by atoms with van der Waals surface area (Å²) in [5.74, 6) is -0.0974. The molecule has 0 aromatic heterocycles. The topological polar surface area (TPSA) is 91.8 Å². The van der Waals surface area contributed by atoms with E-state index in [-0.39, 0.29) is 36.4 Å². The van der Waals surface area contributed by atoms with Crippen molar-refractivity contribution in [3.8, 4) is 0 Å². The lowest BCUT2D eigenvalue weighted by atomic mass is 10.2. The van der Waals surface area contributed by atoms with Gasteiger partial charge < -0.3 is 4.90 Å². The standard InChI is InChI=1S/C14H28N2O5S2/c1-4-5-6-9-16(22(3,18)19)10-7-14(17)15(2)13-8-11-23(20,21)12-13/h13H,4-12H2,1-3H3. The molecule has 1 saturated heterocycles. The third-order valence-electron chi connectivity index (χ3n) is 4.20. The van der Waals surface area contributed by atoms with Crippen LogP contribution in [0.3, 0.4) is 0 Å². The first-order chi connectivity index (χ1) is 10.6. The third kappa shape index (κ3) is 6.76. The van der Waals surface area contributed by atoms with Crippen LogP contribution in [0.25, 0.3) is 0 Å². The summed E-state index contributed by atoms with van der Waals surface area (Å²) in [4.78, 5) is 13.7. The van der Waals surface area contributed by atoms with E-state index in [0.29, 0.717) is 13.0 Å². The minimum Gasteiger partial charge on any atom is -0.342 e. The molecule has 1 rings (SSSR count). The van der Waals surface area contributed by atoms with Crippen LogP contribution in [-0.4, -0.2) is 75.9 Å². The molecule has 9 heteroatoms. The van der Waals surface area contributed by atoms with Gasteiger partial charge in [0, 0.05) is 32.6 Å². The number of rotatable bonds is 9. The monoisotopic (exact) mass is 368 g/mol. The van der Waals surface area contributed by atoms with Crippen molar-refractivity contribution in [2.24, 2.45) is 0 Å². The van der Waals surface area contributed by atoms with Crippen LogP contribution in [-0.2, 0) is 24.7 Å². The zero-order chi connectivity index (χ0) is 17.7. The second kappa shape index (κ2) is 8.43. The van der Waals surface area contributed by atoms with Gasteiger partial charge in [0.1, 0.15) is 0 Å². The summed E-state index contributed by atoms with van der Waals surface area (Å²) < 4.78 is 47.8. The number of sulfone groups is 1. The molecule has 7 nitrogen and oxygen atoms in total. The minimum atomic E-state index is -3.34. The third-order valence-corrected chi connectivity index (χ3v) is 7.26. The van der Waals surface area contributed by atoms with Gasteiger partial charge in [-0.25, -0.2) is 21.1 Å². The molecular weight excluding hydrogens is 340 g/mol. The molecule has 0 aromatic carbocycles. The van der Waals surface area contributed by atoms with Gasteiger partial charge in [0.25, 0.3) is 0 Å². The number of carbonyl (C=O) groups excluding carboxylic acids is 1.